The van der Waals surface area contributed by atoms with Crippen LogP contribution in [0.3, 0.4) is 0 Å². The highest BCUT2D eigenvalue weighted by atomic mass is 16.1. The smallest absolute Gasteiger partial charge is 0.226 e. The molecule has 0 radical (unpaired) electrons. The number of carbonyl (C=O) groups excluding carboxylic acids is 1. The second kappa shape index (κ2) is 10.9. The van der Waals surface area contributed by atoms with E-state index in [1.165, 1.54) is 28.8 Å². The Balaban J connectivity index is 1.63. The molecule has 3 atom stereocenters. The van der Waals surface area contributed by atoms with Crippen molar-refractivity contribution in [1.82, 2.24) is 24.4 Å². The van der Waals surface area contributed by atoms with E-state index < -0.39 is 0 Å². The van der Waals surface area contributed by atoms with Crippen molar-refractivity contribution in [2.75, 3.05) is 18.5 Å². The number of allylic oxidation sites excluding steroid dienone is 1. The highest BCUT2D eigenvalue weighted by Crippen LogP contribution is 2.39. The van der Waals surface area contributed by atoms with Crippen LogP contribution >= 0.6 is 0 Å². The van der Waals surface area contributed by atoms with E-state index in [-0.39, 0.29) is 24.5 Å². The van der Waals surface area contributed by atoms with Crippen LogP contribution in [-0.2, 0) is 11.2 Å². The molecule has 0 bridgehead atoms. The molecule has 1 saturated heterocycles. The third kappa shape index (κ3) is 5.12. The zero-order valence-corrected chi connectivity index (χ0v) is 21.5. The molecule has 9 heteroatoms. The van der Waals surface area contributed by atoms with Gasteiger partial charge < -0.3 is 4.90 Å². The molecular weight excluding hydrogens is 452 g/mol. The van der Waals surface area contributed by atoms with Crippen LogP contribution in [0.15, 0.2) is 30.1 Å². The van der Waals surface area contributed by atoms with Gasteiger partial charge >= 0.3 is 0 Å². The van der Waals surface area contributed by atoms with Crippen molar-refractivity contribution in [3.8, 4) is 12.1 Å². The molecule has 3 heterocycles. The number of aromatic nitrogens is 3. The molecule has 2 unspecified atom stereocenters. The second-order valence-corrected chi connectivity index (χ2v) is 9.82. The standard InChI is InChI=1S/C27H34N8O/c1-5-24-16-33(26(18(2)12-29)27-32-23(10-11-28)15-35(27)31-17-36)19(3)14-34(24)20(4)22-8-9-25(30-13-22)21-6-7-21/h8-9,13,15,17,19-21,24H,5-7,10,14,16H2,1-4H3,(H,31,36)/b26-18-/t19?,20?,24-/m1/s1. The number of nitriles is 2. The molecule has 2 aromatic rings. The van der Waals surface area contributed by atoms with Crippen LogP contribution in [0.25, 0.3) is 5.70 Å². The van der Waals surface area contributed by atoms with Crippen LogP contribution in [0.2, 0.25) is 0 Å². The largest absolute Gasteiger partial charge is 0.362 e. The Morgan fingerprint density at radius 1 is 1.31 bits per heavy atom. The third-order valence-electron chi connectivity index (χ3n) is 7.37. The maximum Gasteiger partial charge on any atom is 0.226 e. The molecule has 0 spiro atoms. The highest BCUT2D eigenvalue weighted by Gasteiger charge is 2.37. The number of imidazole rings is 1. The van der Waals surface area contributed by atoms with Crippen LogP contribution in [0.4, 0.5) is 0 Å². The molecule has 1 N–H and O–H groups in total. The number of hydrogen-bond donors (Lipinski definition) is 1. The Labute approximate surface area is 213 Å². The van der Waals surface area contributed by atoms with Gasteiger partial charge in [-0.05, 0) is 51.7 Å². The van der Waals surface area contributed by atoms with Gasteiger partial charge in [0.15, 0.2) is 5.82 Å². The highest BCUT2D eigenvalue weighted by molar-refractivity contribution is 5.68. The van der Waals surface area contributed by atoms with Gasteiger partial charge in [0.2, 0.25) is 6.41 Å². The van der Waals surface area contributed by atoms with Crippen molar-refractivity contribution >= 4 is 12.1 Å². The van der Waals surface area contributed by atoms with Gasteiger partial charge in [0.25, 0.3) is 0 Å². The number of amides is 1. The number of rotatable bonds is 9. The summed E-state index contributed by atoms with van der Waals surface area (Å²) < 4.78 is 1.51. The molecule has 2 aromatic heterocycles. The average molecular weight is 487 g/mol. The molecule has 4 rings (SSSR count). The van der Waals surface area contributed by atoms with E-state index in [4.69, 9.17) is 10.2 Å². The van der Waals surface area contributed by atoms with Gasteiger partial charge in [-0.25, -0.2) is 9.66 Å². The first-order valence-electron chi connectivity index (χ1n) is 12.7. The number of piperazine rings is 1. The molecule has 2 aliphatic rings. The van der Waals surface area contributed by atoms with E-state index in [0.717, 1.165) is 13.0 Å². The lowest BCUT2D eigenvalue weighted by atomic mass is 9.98. The van der Waals surface area contributed by atoms with Crippen LogP contribution in [0.1, 0.15) is 81.7 Å². The van der Waals surface area contributed by atoms with Gasteiger partial charge in [0.05, 0.1) is 41.7 Å². The van der Waals surface area contributed by atoms with Crippen LogP contribution in [-0.4, -0.2) is 56.0 Å². The normalized spacial score (nSPS) is 21.8. The summed E-state index contributed by atoms with van der Waals surface area (Å²) in [6.45, 7) is 9.87. The van der Waals surface area contributed by atoms with Crippen molar-refractivity contribution in [3.63, 3.8) is 0 Å². The summed E-state index contributed by atoms with van der Waals surface area (Å²) in [4.78, 5) is 25.4. The summed E-state index contributed by atoms with van der Waals surface area (Å²) in [7, 11) is 0. The van der Waals surface area contributed by atoms with Crippen LogP contribution in [0.5, 0.6) is 0 Å². The molecule has 0 aromatic carbocycles. The lowest BCUT2D eigenvalue weighted by Crippen LogP contribution is -2.57. The number of hydrogen-bond acceptors (Lipinski definition) is 7. The first-order chi connectivity index (χ1) is 17.4. The van der Waals surface area contributed by atoms with Crippen molar-refractivity contribution in [1.29, 1.82) is 10.5 Å². The predicted octanol–water partition coefficient (Wildman–Crippen LogP) is 3.72. The summed E-state index contributed by atoms with van der Waals surface area (Å²) in [5.74, 6) is 1.11. The summed E-state index contributed by atoms with van der Waals surface area (Å²) in [6.07, 6.45) is 7.79. The fourth-order valence-corrected chi connectivity index (χ4v) is 5.17. The Morgan fingerprint density at radius 2 is 2.08 bits per heavy atom. The number of pyridine rings is 1. The van der Waals surface area contributed by atoms with E-state index in [2.05, 4.69) is 65.3 Å². The number of nitrogens with zero attached hydrogens (tertiary/aromatic N) is 7. The third-order valence-corrected chi connectivity index (χ3v) is 7.37. The Kier molecular flexibility index (Phi) is 7.71. The number of nitrogens with one attached hydrogen (secondary N) is 1. The van der Waals surface area contributed by atoms with Crippen molar-refractivity contribution in [2.45, 2.75) is 77.4 Å². The quantitative estimate of drug-likeness (QED) is 0.424. The van der Waals surface area contributed by atoms with E-state index in [0.29, 0.717) is 41.7 Å². The van der Waals surface area contributed by atoms with E-state index >= 15 is 0 Å². The van der Waals surface area contributed by atoms with Crippen molar-refractivity contribution in [2.24, 2.45) is 0 Å². The molecular formula is C27H34N8O. The fraction of sp³-hybridized carbons (Fsp3) is 0.519. The molecule has 2 fully saturated rings. The van der Waals surface area contributed by atoms with Crippen molar-refractivity contribution in [3.05, 3.63) is 52.9 Å². The Hall–Kier alpha value is -3.69. The summed E-state index contributed by atoms with van der Waals surface area (Å²) in [5.41, 5.74) is 6.80. The first-order valence-corrected chi connectivity index (χ1v) is 12.7. The summed E-state index contributed by atoms with van der Waals surface area (Å²) in [6, 6.07) is 9.35. The molecule has 1 amide bonds. The summed E-state index contributed by atoms with van der Waals surface area (Å²) in [5, 5.41) is 19.0. The minimum atomic E-state index is 0.0908. The zero-order valence-electron chi connectivity index (χ0n) is 21.5. The monoisotopic (exact) mass is 486 g/mol. The maximum atomic E-state index is 11.3. The fourth-order valence-electron chi connectivity index (χ4n) is 5.17. The topological polar surface area (TPSA) is 114 Å². The van der Waals surface area contributed by atoms with Gasteiger partial charge in [0, 0.05) is 49.0 Å². The summed E-state index contributed by atoms with van der Waals surface area (Å²) >= 11 is 0. The van der Waals surface area contributed by atoms with Crippen molar-refractivity contribution < 1.29 is 4.79 Å². The molecule has 1 saturated carbocycles. The lowest BCUT2D eigenvalue weighted by Gasteiger charge is -2.49. The molecule has 1 aliphatic heterocycles. The minimum absolute atomic E-state index is 0.0908. The van der Waals surface area contributed by atoms with Crippen LogP contribution in [0, 0.1) is 22.7 Å². The molecule has 36 heavy (non-hydrogen) atoms. The number of carbonyl (C=O) groups is 1. The molecule has 188 valence electrons. The van der Waals surface area contributed by atoms with Gasteiger partial charge in [-0.1, -0.05) is 13.0 Å². The SMILES string of the molecule is CC[C@@H]1CN(/C(=C(/C)C#N)c2nc(CC#N)cn2NC=O)C(C)CN1C(C)c1ccc(C2CC2)nc1. The maximum absolute atomic E-state index is 11.3. The molecule has 1 aliphatic carbocycles. The Morgan fingerprint density at radius 3 is 2.67 bits per heavy atom. The predicted molar refractivity (Wildman–Crippen MR) is 137 cm³/mol. The molecule has 9 nitrogen and oxygen atoms in total. The lowest BCUT2D eigenvalue weighted by molar-refractivity contribution is -0.106. The van der Waals surface area contributed by atoms with Gasteiger partial charge in [-0.2, -0.15) is 10.5 Å². The zero-order chi connectivity index (χ0) is 25.8. The average Bonchev–Trinajstić information content (AvgIpc) is 3.67. The second-order valence-electron chi connectivity index (χ2n) is 9.82. The van der Waals surface area contributed by atoms with Gasteiger partial charge in [-0.15, -0.1) is 0 Å². The van der Waals surface area contributed by atoms with E-state index in [1.807, 2.05) is 6.20 Å². The Bertz CT molecular complexity index is 1200. The first kappa shape index (κ1) is 25.4. The van der Waals surface area contributed by atoms with Gasteiger partial charge in [-0.3, -0.25) is 20.1 Å². The van der Waals surface area contributed by atoms with E-state index in [9.17, 15) is 10.1 Å². The van der Waals surface area contributed by atoms with Crippen LogP contribution < -0.4 is 5.43 Å². The minimum Gasteiger partial charge on any atom is -0.362 e. The van der Waals surface area contributed by atoms with E-state index in [1.54, 1.807) is 13.1 Å². The van der Waals surface area contributed by atoms with Gasteiger partial charge in [0.1, 0.15) is 0 Å².